The number of hydrogen-bond acceptors (Lipinski definition) is 9. The maximum Gasteiger partial charge on any atom is 0.343 e. The van der Waals surface area contributed by atoms with Crippen LogP contribution in [0.3, 0.4) is 0 Å². The molecule has 9 heteroatoms. The van der Waals surface area contributed by atoms with Crippen LogP contribution in [0, 0.1) is 0 Å². The Morgan fingerprint density at radius 2 is 1.22 bits per heavy atom. The monoisotopic (exact) mass is 680 g/mol. The summed E-state index contributed by atoms with van der Waals surface area (Å²) in [7, 11) is 0. The van der Waals surface area contributed by atoms with Crippen molar-refractivity contribution in [3.8, 4) is 11.5 Å². The first-order valence-corrected chi connectivity index (χ1v) is 16.4. The van der Waals surface area contributed by atoms with Gasteiger partial charge in [0.05, 0.1) is 32.0 Å². The summed E-state index contributed by atoms with van der Waals surface area (Å²) in [5, 5.41) is 0. The van der Waals surface area contributed by atoms with Gasteiger partial charge in [-0.15, -0.1) is 0 Å². The van der Waals surface area contributed by atoms with Gasteiger partial charge in [-0.1, -0.05) is 37.5 Å². The maximum atomic E-state index is 12.5. The second kappa shape index (κ2) is 21.3. The first-order valence-electron chi connectivity index (χ1n) is 16.4. The van der Waals surface area contributed by atoms with Gasteiger partial charge >= 0.3 is 17.9 Å². The van der Waals surface area contributed by atoms with E-state index in [1.54, 1.807) is 48.5 Å². The van der Waals surface area contributed by atoms with Gasteiger partial charge in [0.1, 0.15) is 17.3 Å². The maximum absolute atomic E-state index is 12.5. The third-order valence-corrected chi connectivity index (χ3v) is 7.29. The summed E-state index contributed by atoms with van der Waals surface area (Å²) < 4.78 is 26.5. The minimum atomic E-state index is -0.418. The summed E-state index contributed by atoms with van der Waals surface area (Å²) in [5.74, 6) is 0.759. The number of carbonyl (C=O) groups is 4. The molecule has 0 N–H and O–H groups in total. The number of ketones is 1. The van der Waals surface area contributed by atoms with E-state index in [0.717, 1.165) is 42.7 Å². The zero-order valence-corrected chi connectivity index (χ0v) is 28.7. The number of ether oxygens (including phenoxy) is 5. The molecule has 2 aromatic carbocycles. The summed E-state index contributed by atoms with van der Waals surface area (Å²) in [6.07, 6.45) is 18.1. The Hall–Kier alpha value is -5.70. The molecule has 0 bridgehead atoms. The van der Waals surface area contributed by atoms with Gasteiger partial charge in [0.15, 0.2) is 5.78 Å². The molecular weight excluding hydrogens is 636 g/mol. The lowest BCUT2D eigenvalue weighted by Gasteiger charge is -2.12. The fraction of sp³-hybridized carbons (Fsp3) is 0.268. The van der Waals surface area contributed by atoms with Gasteiger partial charge in [-0.05, 0) is 123 Å². The van der Waals surface area contributed by atoms with Crippen molar-refractivity contribution in [2.24, 2.45) is 0 Å². The lowest BCUT2D eigenvalue weighted by molar-refractivity contribution is -0.138. The highest BCUT2D eigenvalue weighted by Crippen LogP contribution is 2.29. The predicted octanol–water partition coefficient (Wildman–Crippen LogP) is 8.17. The summed E-state index contributed by atoms with van der Waals surface area (Å²) >= 11 is 0. The fourth-order valence-electron chi connectivity index (χ4n) is 4.48. The van der Waals surface area contributed by atoms with Crippen LogP contribution in [-0.2, 0) is 23.8 Å². The highest BCUT2D eigenvalue weighted by Gasteiger charge is 2.14. The summed E-state index contributed by atoms with van der Waals surface area (Å²) in [5.41, 5.74) is 4.56. The molecule has 0 aromatic heterocycles. The van der Waals surface area contributed by atoms with Gasteiger partial charge in [0.25, 0.3) is 0 Å². The van der Waals surface area contributed by atoms with Crippen molar-refractivity contribution < 1.29 is 42.9 Å². The number of rotatable bonds is 18. The van der Waals surface area contributed by atoms with Crippen molar-refractivity contribution >= 4 is 23.7 Å². The smallest absolute Gasteiger partial charge is 0.343 e. The van der Waals surface area contributed by atoms with Gasteiger partial charge in [0, 0.05) is 17.7 Å². The Bertz CT molecular complexity index is 1650. The normalized spacial score (nSPS) is 12.8. The van der Waals surface area contributed by atoms with E-state index in [-0.39, 0.29) is 5.78 Å². The van der Waals surface area contributed by atoms with Crippen molar-refractivity contribution in [2.45, 2.75) is 46.0 Å². The number of unbranched alkanes of at least 4 members (excludes halogenated alkanes) is 2. The Balaban J connectivity index is 0.000000305. The Morgan fingerprint density at radius 3 is 1.68 bits per heavy atom. The van der Waals surface area contributed by atoms with Gasteiger partial charge < -0.3 is 23.7 Å². The number of benzene rings is 2. The number of Topliss-reactive ketones (excluding diaryl/α,β-unsaturated/α-hetero) is 1. The van der Waals surface area contributed by atoms with Crippen molar-refractivity contribution in [1.82, 2.24) is 0 Å². The molecule has 0 heterocycles. The molecule has 0 unspecified atom stereocenters. The van der Waals surface area contributed by atoms with Crippen LogP contribution < -0.4 is 9.47 Å². The van der Waals surface area contributed by atoms with Crippen LogP contribution in [0.1, 0.15) is 66.7 Å². The van der Waals surface area contributed by atoms with Crippen LogP contribution in [0.5, 0.6) is 11.5 Å². The van der Waals surface area contributed by atoms with Gasteiger partial charge in [-0.2, -0.15) is 0 Å². The second-order valence-electron chi connectivity index (χ2n) is 11.1. The average Bonchev–Trinajstić information content (AvgIpc) is 3.27. The molecule has 50 heavy (non-hydrogen) atoms. The first-order chi connectivity index (χ1) is 24.2. The predicted molar refractivity (Wildman–Crippen MR) is 192 cm³/mol. The molecule has 0 radical (unpaired) electrons. The van der Waals surface area contributed by atoms with E-state index in [1.165, 1.54) is 18.1 Å². The van der Waals surface area contributed by atoms with Crippen LogP contribution >= 0.6 is 0 Å². The summed E-state index contributed by atoms with van der Waals surface area (Å²) in [6, 6.07) is 13.9. The van der Waals surface area contributed by atoms with Gasteiger partial charge in [0.2, 0.25) is 0 Å². The molecule has 4 rings (SSSR count). The lowest BCUT2D eigenvalue weighted by atomic mass is 9.93. The third kappa shape index (κ3) is 13.8. The van der Waals surface area contributed by atoms with Crippen molar-refractivity contribution in [1.29, 1.82) is 0 Å². The molecule has 0 aliphatic heterocycles. The van der Waals surface area contributed by atoms with Crippen LogP contribution in [0.25, 0.3) is 0 Å². The van der Waals surface area contributed by atoms with Crippen molar-refractivity contribution in [3.05, 3.63) is 144 Å². The quantitative estimate of drug-likeness (QED) is 0.0506. The van der Waals surface area contributed by atoms with E-state index in [1.807, 2.05) is 25.2 Å². The number of carbonyl (C=O) groups excluding carboxylic acids is 4. The standard InChI is InChI=1S/C26H26O5.C15H18O4/c1-3-25(27)30-17-5-4-16-29-22-14-12-21(13-15-22)26(28)31-23-10-7-11-24(19(2)18-23)20-8-6-9-20;1-3-15(17)19-11-5-4-10-18-14-8-6-13(7-9-14)12(2)16/h3,6,8-15,18H,1,4-5,7,16-17H2,2H3;3,6-9H,1,4-5,10-11H2,2H3. The Morgan fingerprint density at radius 1 is 0.720 bits per heavy atom. The summed E-state index contributed by atoms with van der Waals surface area (Å²) in [4.78, 5) is 45.3. The lowest BCUT2D eigenvalue weighted by Crippen LogP contribution is -2.06. The zero-order valence-electron chi connectivity index (χ0n) is 28.7. The number of esters is 3. The highest BCUT2D eigenvalue weighted by molar-refractivity contribution is 5.94. The molecule has 2 aliphatic carbocycles. The van der Waals surface area contributed by atoms with Crippen LogP contribution in [0.15, 0.2) is 133 Å². The zero-order chi connectivity index (χ0) is 36.1. The topological polar surface area (TPSA) is 114 Å². The van der Waals surface area contributed by atoms with E-state index >= 15 is 0 Å². The SMILES string of the molecule is C=CC(=O)OCCCCOc1ccc(C(=O)OC2=CCC=C(C3=CC=C3)C(C)=C2)cc1.C=CC(=O)OCCCCOc1ccc(C(C)=O)cc1. The number of allylic oxidation sites excluding steroid dienone is 9. The molecule has 0 saturated heterocycles. The molecule has 262 valence electrons. The van der Waals surface area contributed by atoms with Crippen LogP contribution in [0.4, 0.5) is 0 Å². The molecule has 0 amide bonds. The minimum Gasteiger partial charge on any atom is -0.494 e. The molecule has 9 nitrogen and oxygen atoms in total. The highest BCUT2D eigenvalue weighted by atomic mass is 16.5. The van der Waals surface area contributed by atoms with E-state index in [9.17, 15) is 19.2 Å². The largest absolute Gasteiger partial charge is 0.494 e. The van der Waals surface area contributed by atoms with E-state index in [0.29, 0.717) is 61.9 Å². The number of hydrogen-bond donors (Lipinski definition) is 0. The Labute approximate surface area is 293 Å². The molecule has 0 saturated carbocycles. The van der Waals surface area contributed by atoms with E-state index < -0.39 is 17.9 Å². The van der Waals surface area contributed by atoms with Gasteiger partial charge in [-0.3, -0.25) is 4.79 Å². The third-order valence-electron chi connectivity index (χ3n) is 7.29. The van der Waals surface area contributed by atoms with E-state index in [4.69, 9.17) is 23.7 Å². The molecular formula is C41H44O9. The van der Waals surface area contributed by atoms with Crippen LogP contribution in [-0.4, -0.2) is 50.1 Å². The summed E-state index contributed by atoms with van der Waals surface area (Å²) in [6.45, 7) is 12.0. The van der Waals surface area contributed by atoms with Crippen molar-refractivity contribution in [2.75, 3.05) is 26.4 Å². The van der Waals surface area contributed by atoms with Gasteiger partial charge in [-0.25, -0.2) is 14.4 Å². The first kappa shape index (κ1) is 38.7. The van der Waals surface area contributed by atoms with E-state index in [2.05, 4.69) is 31.4 Å². The molecule has 0 spiro atoms. The Kier molecular flexibility index (Phi) is 16.5. The molecule has 2 aliphatic rings. The second-order valence-corrected chi connectivity index (χ2v) is 11.1. The molecule has 0 atom stereocenters. The molecule has 0 fully saturated rings. The average molecular weight is 681 g/mol. The van der Waals surface area contributed by atoms with Crippen LogP contribution in [0.2, 0.25) is 0 Å². The molecule has 2 aromatic rings. The minimum absolute atomic E-state index is 0.0376. The van der Waals surface area contributed by atoms with Crippen molar-refractivity contribution in [3.63, 3.8) is 0 Å². The fourth-order valence-corrected chi connectivity index (χ4v) is 4.48.